The maximum atomic E-state index is 9.45. The van der Waals surface area contributed by atoms with Crippen LogP contribution in [0.3, 0.4) is 0 Å². The van der Waals surface area contributed by atoms with E-state index in [1.54, 1.807) is 0 Å². The van der Waals surface area contributed by atoms with E-state index in [0.29, 0.717) is 11.6 Å². The zero-order valence-corrected chi connectivity index (χ0v) is 20.3. The predicted molar refractivity (Wildman–Crippen MR) is 141 cm³/mol. The first kappa shape index (κ1) is 21.3. The lowest BCUT2D eigenvalue weighted by atomic mass is 9.88. The third-order valence-electron chi connectivity index (χ3n) is 8.15. The summed E-state index contributed by atoms with van der Waals surface area (Å²) >= 11 is 0. The molecule has 2 fully saturated rings. The number of piperazine rings is 1. The summed E-state index contributed by atoms with van der Waals surface area (Å²) in [5, 5.41) is 10.6. The fourth-order valence-electron chi connectivity index (χ4n) is 6.22. The Labute approximate surface area is 202 Å². The van der Waals surface area contributed by atoms with Gasteiger partial charge in [-0.15, -0.1) is 0 Å². The van der Waals surface area contributed by atoms with Gasteiger partial charge in [-0.25, -0.2) is 0 Å². The quantitative estimate of drug-likeness (QED) is 0.546. The number of aromatic amines is 1. The fraction of sp³-hybridized carbons (Fsp3) is 0.414. The van der Waals surface area contributed by atoms with E-state index in [4.69, 9.17) is 0 Å². The minimum absolute atomic E-state index is 0.488. The van der Waals surface area contributed by atoms with Crippen LogP contribution in [0.1, 0.15) is 54.9 Å². The topological polar surface area (TPSA) is 49.3 Å². The Morgan fingerprint density at radius 1 is 1.06 bits per heavy atom. The van der Waals surface area contributed by atoms with E-state index in [1.807, 2.05) is 12.1 Å². The maximum absolute atomic E-state index is 9.45. The highest BCUT2D eigenvalue weighted by Crippen LogP contribution is 2.51. The number of fused-ring (bicyclic) bond motifs is 4. The van der Waals surface area contributed by atoms with Crippen molar-refractivity contribution in [3.05, 3.63) is 59.2 Å². The molecule has 1 saturated carbocycles. The molecule has 3 aliphatic rings. The molecule has 0 bridgehead atoms. The molecule has 0 amide bonds. The number of aromatic nitrogens is 1. The first-order valence-electron chi connectivity index (χ1n) is 12.7. The van der Waals surface area contributed by atoms with Crippen LogP contribution < -0.4 is 9.80 Å². The highest BCUT2D eigenvalue weighted by molar-refractivity contribution is 6.08. The molecule has 2 aromatic carbocycles. The Kier molecular flexibility index (Phi) is 5.15. The Hall–Kier alpha value is -3.23. The highest BCUT2D eigenvalue weighted by Gasteiger charge is 2.35. The third kappa shape index (κ3) is 3.24. The van der Waals surface area contributed by atoms with Crippen molar-refractivity contribution in [2.45, 2.75) is 45.1 Å². The molecule has 5 nitrogen and oxygen atoms in total. The highest BCUT2D eigenvalue weighted by atomic mass is 15.3. The minimum atomic E-state index is 0.488. The fourth-order valence-corrected chi connectivity index (χ4v) is 6.22. The summed E-state index contributed by atoms with van der Waals surface area (Å²) in [6.45, 7) is 11.2. The number of rotatable bonds is 3. The lowest BCUT2D eigenvalue weighted by Crippen LogP contribution is -2.45. The molecule has 0 radical (unpaired) electrons. The van der Waals surface area contributed by atoms with Gasteiger partial charge < -0.3 is 19.7 Å². The van der Waals surface area contributed by atoms with Crippen LogP contribution in [0.15, 0.2) is 36.9 Å². The van der Waals surface area contributed by atoms with Gasteiger partial charge in [0, 0.05) is 59.9 Å². The Balaban J connectivity index is 1.55. The van der Waals surface area contributed by atoms with Crippen LogP contribution in [0.5, 0.6) is 0 Å². The van der Waals surface area contributed by atoms with Gasteiger partial charge in [-0.3, -0.25) is 0 Å². The molecule has 3 heterocycles. The summed E-state index contributed by atoms with van der Waals surface area (Å²) in [6, 6.07) is 13.6. The van der Waals surface area contributed by atoms with Crippen molar-refractivity contribution in [1.29, 1.82) is 5.26 Å². The predicted octanol–water partition coefficient (Wildman–Crippen LogP) is 5.81. The Morgan fingerprint density at radius 2 is 1.82 bits per heavy atom. The van der Waals surface area contributed by atoms with E-state index in [1.165, 1.54) is 53.7 Å². The van der Waals surface area contributed by atoms with E-state index < -0.39 is 0 Å². The smallest absolute Gasteiger partial charge is 0.119 e. The molecule has 1 aromatic heterocycles. The van der Waals surface area contributed by atoms with Crippen LogP contribution in [0.25, 0.3) is 16.5 Å². The molecule has 6 rings (SSSR count). The first-order chi connectivity index (χ1) is 16.6. The van der Waals surface area contributed by atoms with Gasteiger partial charge in [0.2, 0.25) is 0 Å². The summed E-state index contributed by atoms with van der Waals surface area (Å²) in [7, 11) is 2.21. The summed E-state index contributed by atoms with van der Waals surface area (Å²) < 4.78 is 0. The number of likely N-dealkylation sites (N-methyl/N-ethyl adjacent to an activating group) is 1. The van der Waals surface area contributed by atoms with Crippen molar-refractivity contribution in [3.8, 4) is 6.07 Å². The summed E-state index contributed by atoms with van der Waals surface area (Å²) in [5.41, 5.74) is 9.36. The van der Waals surface area contributed by atoms with Gasteiger partial charge in [0.05, 0.1) is 17.3 Å². The molecule has 0 unspecified atom stereocenters. The van der Waals surface area contributed by atoms with E-state index in [-0.39, 0.29) is 0 Å². The van der Waals surface area contributed by atoms with Crippen LogP contribution >= 0.6 is 0 Å². The van der Waals surface area contributed by atoms with E-state index in [9.17, 15) is 5.26 Å². The van der Waals surface area contributed by atoms with E-state index in [0.717, 1.165) is 54.9 Å². The molecular weight excluding hydrogens is 418 g/mol. The van der Waals surface area contributed by atoms with Gasteiger partial charge in [0.25, 0.3) is 0 Å². The Morgan fingerprint density at radius 3 is 2.53 bits per heavy atom. The monoisotopic (exact) mass is 451 g/mol. The van der Waals surface area contributed by atoms with E-state index >= 15 is 0 Å². The minimum Gasteiger partial charge on any atom is -0.369 e. The summed E-state index contributed by atoms with van der Waals surface area (Å²) in [6.07, 6.45) is 6.00. The first-order valence-corrected chi connectivity index (χ1v) is 12.7. The van der Waals surface area contributed by atoms with Gasteiger partial charge in [-0.1, -0.05) is 32.4 Å². The summed E-state index contributed by atoms with van der Waals surface area (Å²) in [5.74, 6) is 1.16. The molecule has 1 N–H and O–H groups in total. The zero-order chi connectivity index (χ0) is 23.4. The zero-order valence-electron chi connectivity index (χ0n) is 20.3. The number of H-pyrrole nitrogens is 1. The molecule has 1 saturated heterocycles. The molecular formula is C29H33N5. The number of nitrogens with zero attached hydrogens (tertiary/aromatic N) is 4. The van der Waals surface area contributed by atoms with Crippen LogP contribution in [0.4, 0.5) is 17.2 Å². The standard InChI is InChI=1S/C29H33N5/c1-4-21-16-24-19(2)28-23-10-9-20(18-30)15-25(23)31-29(28)34(22-7-5-6-8-22)27(24)17-26(21)33-13-11-32(3)12-14-33/h9-10,15-17,22,31H,2,4-8,11-14H2,1,3H3. The van der Waals surface area contributed by atoms with Crippen molar-refractivity contribution in [1.82, 2.24) is 9.88 Å². The van der Waals surface area contributed by atoms with Crippen LogP contribution in [0.2, 0.25) is 0 Å². The number of nitrogens with one attached hydrogen (secondary N) is 1. The van der Waals surface area contributed by atoms with Crippen molar-refractivity contribution in [2.24, 2.45) is 0 Å². The third-order valence-corrected chi connectivity index (χ3v) is 8.15. The van der Waals surface area contributed by atoms with Gasteiger partial charge in [0.1, 0.15) is 5.82 Å². The molecule has 1 aliphatic carbocycles. The number of hydrogen-bond donors (Lipinski definition) is 1. The van der Waals surface area contributed by atoms with Crippen molar-refractivity contribution in [2.75, 3.05) is 43.0 Å². The number of benzene rings is 2. The SMILES string of the molecule is C=C1c2cc(CC)c(N3CCN(C)CC3)cc2N(C2CCCC2)c2[nH]c3cc(C#N)ccc3c21. The van der Waals surface area contributed by atoms with Gasteiger partial charge in [-0.05, 0) is 61.7 Å². The largest absolute Gasteiger partial charge is 0.369 e. The van der Waals surface area contributed by atoms with Crippen molar-refractivity contribution in [3.63, 3.8) is 0 Å². The average molecular weight is 452 g/mol. The molecule has 5 heteroatoms. The van der Waals surface area contributed by atoms with Crippen molar-refractivity contribution < 1.29 is 0 Å². The number of hydrogen-bond acceptors (Lipinski definition) is 4. The molecule has 0 spiro atoms. The lowest BCUT2D eigenvalue weighted by molar-refractivity contribution is 0.312. The second kappa shape index (κ2) is 8.21. The number of aryl methyl sites for hydroxylation is 1. The normalized spacial score (nSPS) is 18.9. The van der Waals surface area contributed by atoms with Crippen LogP contribution in [-0.4, -0.2) is 49.2 Å². The van der Waals surface area contributed by atoms with Crippen LogP contribution in [0, 0.1) is 11.3 Å². The van der Waals surface area contributed by atoms with Gasteiger partial charge >= 0.3 is 0 Å². The van der Waals surface area contributed by atoms with E-state index in [2.05, 4.69) is 64.5 Å². The maximum Gasteiger partial charge on any atom is 0.119 e. The van der Waals surface area contributed by atoms with Crippen LogP contribution in [-0.2, 0) is 6.42 Å². The molecule has 2 aliphatic heterocycles. The van der Waals surface area contributed by atoms with Gasteiger partial charge in [-0.2, -0.15) is 5.26 Å². The lowest BCUT2D eigenvalue weighted by Gasteiger charge is -2.40. The molecule has 3 aromatic rings. The summed E-state index contributed by atoms with van der Waals surface area (Å²) in [4.78, 5) is 11.3. The molecule has 34 heavy (non-hydrogen) atoms. The average Bonchev–Trinajstić information content (AvgIpc) is 3.52. The number of nitriles is 1. The molecule has 174 valence electrons. The second-order valence-electron chi connectivity index (χ2n) is 10.1. The van der Waals surface area contributed by atoms with Gasteiger partial charge in [0.15, 0.2) is 0 Å². The number of anilines is 3. The van der Waals surface area contributed by atoms with Crippen molar-refractivity contribution >= 4 is 33.7 Å². The second-order valence-corrected chi connectivity index (χ2v) is 10.1. The Bertz CT molecular complexity index is 1310. The molecule has 0 atom stereocenters.